The van der Waals surface area contributed by atoms with Crippen LogP contribution in [0.15, 0.2) is 71.6 Å². The van der Waals surface area contributed by atoms with Gasteiger partial charge in [0.1, 0.15) is 6.61 Å². The molecule has 1 atom stereocenters. The molecule has 0 saturated heterocycles. The second kappa shape index (κ2) is 10.2. The van der Waals surface area contributed by atoms with Gasteiger partial charge < -0.3 is 9.64 Å². The van der Waals surface area contributed by atoms with Gasteiger partial charge in [0.05, 0.1) is 16.6 Å². The van der Waals surface area contributed by atoms with E-state index in [4.69, 9.17) is 4.74 Å². The number of benzene rings is 3. The van der Waals surface area contributed by atoms with Gasteiger partial charge in [0, 0.05) is 23.7 Å². The second-order valence-corrected chi connectivity index (χ2v) is 13.7. The molecule has 216 valence electrons. The molecule has 1 N–H and O–H groups in total. The number of hydrogen-bond donors (Lipinski definition) is 1. The van der Waals surface area contributed by atoms with Crippen molar-refractivity contribution in [1.29, 1.82) is 0 Å². The van der Waals surface area contributed by atoms with Crippen LogP contribution >= 0.6 is 0 Å². The van der Waals surface area contributed by atoms with Crippen molar-refractivity contribution in [2.45, 2.75) is 57.4 Å². The summed E-state index contributed by atoms with van der Waals surface area (Å²) in [5.74, 6) is -0.131. The molecule has 0 spiro atoms. The molecule has 3 heterocycles. The monoisotopic (exact) mass is 582 g/mol. The lowest BCUT2D eigenvalue weighted by Gasteiger charge is -2.38. The molecule has 0 fully saturated rings. The van der Waals surface area contributed by atoms with Gasteiger partial charge in [0.25, 0.3) is 15.9 Å². The van der Waals surface area contributed by atoms with Crippen LogP contribution in [0.5, 0.6) is 5.88 Å². The molecular weight excluding hydrogens is 548 g/mol. The highest BCUT2D eigenvalue weighted by molar-refractivity contribution is 7.92. The molecule has 4 aromatic rings. The summed E-state index contributed by atoms with van der Waals surface area (Å²) >= 11 is 0. The van der Waals surface area contributed by atoms with E-state index in [2.05, 4.69) is 53.7 Å². The number of hydrogen-bond acceptors (Lipinski definition) is 6. The Morgan fingerprint density at radius 2 is 1.69 bits per heavy atom. The topological polar surface area (TPSA) is 101 Å². The van der Waals surface area contributed by atoms with Gasteiger partial charge in [-0.3, -0.25) is 4.79 Å². The number of nitrogens with one attached hydrogen (secondary N) is 1. The molecular formula is C33H34N4O4S. The first-order valence-electron chi connectivity index (χ1n) is 14.1. The Kier molecular flexibility index (Phi) is 6.80. The third-order valence-electron chi connectivity index (χ3n) is 8.07. The molecule has 0 saturated carbocycles. The molecule has 2 aliphatic rings. The van der Waals surface area contributed by atoms with Crippen LogP contribution in [0.4, 0.5) is 5.95 Å². The Hall–Kier alpha value is -4.24. The van der Waals surface area contributed by atoms with Gasteiger partial charge in [0.2, 0.25) is 11.8 Å². The summed E-state index contributed by atoms with van der Waals surface area (Å²) in [5.41, 5.74) is 7.12. The van der Waals surface area contributed by atoms with E-state index in [0.29, 0.717) is 24.2 Å². The van der Waals surface area contributed by atoms with Crippen molar-refractivity contribution in [2.75, 3.05) is 17.9 Å². The Bertz CT molecular complexity index is 1810. The normalized spacial score (nSPS) is 17.9. The Labute approximate surface area is 246 Å². The number of aromatic nitrogens is 2. The minimum Gasteiger partial charge on any atom is -0.475 e. The zero-order valence-electron chi connectivity index (χ0n) is 24.4. The fraction of sp³-hybridized carbons (Fsp3) is 0.303. The Morgan fingerprint density at radius 1 is 0.952 bits per heavy atom. The molecule has 4 bridgehead atoms. The zero-order valence-corrected chi connectivity index (χ0v) is 25.2. The standard InChI is InChI=1S/C33H34N4O4S/c1-20-8-6-9-21(2)30(20)27-18-29-35-32(34-27)36-42(39,40)25-11-7-10-23(17-25)31(38)37-15-14-22-16-24(33(3,4)5)12-13-26(22)28(37)19-41-29/h6-13,16-18,28H,14-15,19H2,1-5H3,(H,34,35,36). The van der Waals surface area contributed by atoms with Crippen molar-refractivity contribution in [3.8, 4) is 17.1 Å². The van der Waals surface area contributed by atoms with Gasteiger partial charge in [-0.05, 0) is 71.7 Å². The molecule has 0 radical (unpaired) electrons. The highest BCUT2D eigenvalue weighted by Crippen LogP contribution is 2.36. The average molecular weight is 583 g/mol. The molecule has 2 aliphatic heterocycles. The van der Waals surface area contributed by atoms with Gasteiger partial charge in [-0.15, -0.1) is 0 Å². The van der Waals surface area contributed by atoms with Crippen LogP contribution in [0.1, 0.15) is 65.0 Å². The van der Waals surface area contributed by atoms with Crippen molar-refractivity contribution >= 4 is 21.9 Å². The number of aryl methyl sites for hydroxylation is 2. The first-order valence-corrected chi connectivity index (χ1v) is 15.5. The summed E-state index contributed by atoms with van der Waals surface area (Å²) in [6.45, 7) is 11.1. The van der Waals surface area contributed by atoms with Crippen molar-refractivity contribution in [1.82, 2.24) is 14.9 Å². The lowest BCUT2D eigenvalue weighted by atomic mass is 9.82. The summed E-state index contributed by atoms with van der Waals surface area (Å²) < 4.78 is 35.8. The molecule has 1 amide bonds. The van der Waals surface area contributed by atoms with Gasteiger partial charge in [0.15, 0.2) is 0 Å². The van der Waals surface area contributed by atoms with Crippen molar-refractivity contribution in [3.63, 3.8) is 0 Å². The lowest BCUT2D eigenvalue weighted by Crippen LogP contribution is -2.42. The number of carbonyl (C=O) groups is 1. The largest absolute Gasteiger partial charge is 0.475 e. The van der Waals surface area contributed by atoms with Gasteiger partial charge in [-0.2, -0.15) is 4.98 Å². The smallest absolute Gasteiger partial charge is 0.264 e. The first kappa shape index (κ1) is 27.9. The van der Waals surface area contributed by atoms with Crippen molar-refractivity contribution in [2.24, 2.45) is 0 Å². The average Bonchev–Trinajstić information content (AvgIpc) is 2.94. The molecule has 8 nitrogen and oxygen atoms in total. The number of fused-ring (bicyclic) bond motifs is 7. The summed E-state index contributed by atoms with van der Waals surface area (Å²) in [4.78, 5) is 24.7. The minimum absolute atomic E-state index is 0.0103. The number of sulfonamides is 1. The maximum atomic E-state index is 13.9. The number of nitrogens with zero attached hydrogens (tertiary/aromatic N) is 3. The van der Waals surface area contributed by atoms with E-state index in [1.807, 2.05) is 32.0 Å². The predicted molar refractivity (Wildman–Crippen MR) is 162 cm³/mol. The molecule has 42 heavy (non-hydrogen) atoms. The SMILES string of the molecule is Cc1cccc(C)c1-c1cc2nc(n1)NS(=O)(=O)c1cccc(c1)C(=O)N1CCc3cc(C(C)(C)C)ccc3C1CO2. The molecule has 6 rings (SSSR count). The van der Waals surface area contributed by atoms with Gasteiger partial charge in [-0.1, -0.05) is 63.2 Å². The third kappa shape index (κ3) is 5.13. The van der Waals surface area contributed by atoms with E-state index in [1.165, 1.54) is 23.3 Å². The Morgan fingerprint density at radius 3 is 2.43 bits per heavy atom. The summed E-state index contributed by atoms with van der Waals surface area (Å²) in [6.07, 6.45) is 0.690. The fourth-order valence-electron chi connectivity index (χ4n) is 5.80. The quantitative estimate of drug-likeness (QED) is 0.296. The van der Waals surface area contributed by atoms with Crippen LogP contribution in [0.25, 0.3) is 11.3 Å². The molecule has 1 unspecified atom stereocenters. The number of anilines is 1. The zero-order chi connectivity index (χ0) is 29.8. The van der Waals surface area contributed by atoms with Gasteiger partial charge in [-0.25, -0.2) is 18.1 Å². The van der Waals surface area contributed by atoms with Crippen LogP contribution in [0.2, 0.25) is 0 Å². The summed E-state index contributed by atoms with van der Waals surface area (Å²) in [5, 5.41) is 0. The van der Waals surface area contributed by atoms with Crippen LogP contribution in [0, 0.1) is 13.8 Å². The van der Waals surface area contributed by atoms with Crippen molar-refractivity contribution in [3.05, 3.63) is 100 Å². The van der Waals surface area contributed by atoms with E-state index in [-0.39, 0.29) is 34.7 Å². The molecule has 0 aliphatic carbocycles. The number of amides is 1. The third-order valence-corrected chi connectivity index (χ3v) is 9.40. The second-order valence-electron chi connectivity index (χ2n) is 12.1. The van der Waals surface area contributed by atoms with Gasteiger partial charge >= 0.3 is 0 Å². The Balaban J connectivity index is 1.52. The number of ether oxygens (including phenoxy) is 1. The number of carbonyl (C=O) groups excluding carboxylic acids is 1. The highest BCUT2D eigenvalue weighted by atomic mass is 32.2. The molecule has 1 aromatic heterocycles. The van der Waals surface area contributed by atoms with E-state index >= 15 is 0 Å². The van der Waals surface area contributed by atoms with Crippen LogP contribution in [0.3, 0.4) is 0 Å². The predicted octanol–water partition coefficient (Wildman–Crippen LogP) is 5.99. The molecule has 9 heteroatoms. The maximum Gasteiger partial charge on any atom is 0.264 e. The van der Waals surface area contributed by atoms with E-state index < -0.39 is 16.1 Å². The van der Waals surface area contributed by atoms with Crippen LogP contribution in [-0.2, 0) is 21.9 Å². The van der Waals surface area contributed by atoms with Crippen LogP contribution < -0.4 is 9.46 Å². The summed E-state index contributed by atoms with van der Waals surface area (Å²) in [7, 11) is -4.10. The number of rotatable bonds is 1. The first-order chi connectivity index (χ1) is 19.9. The van der Waals surface area contributed by atoms with E-state index in [1.54, 1.807) is 23.1 Å². The van der Waals surface area contributed by atoms with Crippen molar-refractivity contribution < 1.29 is 17.9 Å². The fourth-order valence-corrected chi connectivity index (χ4v) is 6.79. The van der Waals surface area contributed by atoms with E-state index in [9.17, 15) is 13.2 Å². The minimum atomic E-state index is -4.10. The summed E-state index contributed by atoms with van der Waals surface area (Å²) in [6, 6.07) is 19.8. The highest BCUT2D eigenvalue weighted by Gasteiger charge is 2.34. The van der Waals surface area contributed by atoms with E-state index in [0.717, 1.165) is 22.3 Å². The lowest BCUT2D eigenvalue weighted by molar-refractivity contribution is 0.0586. The van der Waals surface area contributed by atoms with Crippen LogP contribution in [-0.4, -0.2) is 42.3 Å². The molecule has 3 aromatic carbocycles. The maximum absolute atomic E-state index is 13.9.